The van der Waals surface area contributed by atoms with Crippen molar-refractivity contribution in [2.45, 2.75) is 13.5 Å². The maximum atomic E-state index is 5.82. The molecule has 0 bridgehead atoms. The smallest absolute Gasteiger partial charge is 0.243 e. The van der Waals surface area contributed by atoms with Gasteiger partial charge in [0, 0.05) is 11.6 Å². The molecule has 17 heavy (non-hydrogen) atoms. The van der Waals surface area contributed by atoms with Gasteiger partial charge in [0.25, 0.3) is 0 Å². The lowest BCUT2D eigenvalue weighted by Gasteiger charge is -2.02. The van der Waals surface area contributed by atoms with Crippen LogP contribution in [0, 0.1) is 0 Å². The average Bonchev–Trinajstić information content (AvgIpc) is 2.63. The van der Waals surface area contributed by atoms with E-state index in [-0.39, 0.29) is 0 Å². The van der Waals surface area contributed by atoms with Gasteiger partial charge in [-0.1, -0.05) is 23.7 Å². The minimum atomic E-state index is 0.399. The van der Waals surface area contributed by atoms with Crippen molar-refractivity contribution in [2.24, 2.45) is 0 Å². The van der Waals surface area contributed by atoms with Gasteiger partial charge in [-0.25, -0.2) is 4.68 Å². The van der Waals surface area contributed by atoms with Crippen molar-refractivity contribution in [1.82, 2.24) is 14.8 Å². The van der Waals surface area contributed by atoms with Crippen molar-refractivity contribution in [2.75, 3.05) is 17.6 Å². The predicted molar refractivity (Wildman–Crippen MR) is 69.2 cm³/mol. The van der Waals surface area contributed by atoms with Crippen molar-refractivity contribution in [3.8, 4) is 0 Å². The van der Waals surface area contributed by atoms with Gasteiger partial charge in [-0.3, -0.25) is 0 Å². The zero-order chi connectivity index (χ0) is 12.3. The van der Waals surface area contributed by atoms with E-state index in [0.29, 0.717) is 23.5 Å². The standard InChI is InChI=1S/C11H14ClN5/c1-2-14-11-15-10(13)17(16-11)7-8-3-5-9(12)6-4-8/h3-6H,2,7H2,1H3,(H3,13,14,15,16). The van der Waals surface area contributed by atoms with Crippen LogP contribution in [-0.2, 0) is 6.54 Å². The molecule has 2 aromatic rings. The number of anilines is 2. The molecule has 0 atom stereocenters. The Morgan fingerprint density at radius 3 is 2.71 bits per heavy atom. The van der Waals surface area contributed by atoms with Crippen LogP contribution in [0.2, 0.25) is 5.02 Å². The molecule has 0 unspecified atom stereocenters. The maximum Gasteiger partial charge on any atom is 0.243 e. The Balaban J connectivity index is 2.15. The van der Waals surface area contributed by atoms with Crippen LogP contribution in [0.3, 0.4) is 0 Å². The molecule has 3 N–H and O–H groups in total. The fraction of sp³-hybridized carbons (Fsp3) is 0.273. The third kappa shape index (κ3) is 2.88. The summed E-state index contributed by atoms with van der Waals surface area (Å²) in [5.41, 5.74) is 6.85. The number of halogens is 1. The third-order valence-electron chi connectivity index (χ3n) is 2.28. The van der Waals surface area contributed by atoms with E-state index in [0.717, 1.165) is 12.1 Å². The number of aromatic nitrogens is 3. The zero-order valence-corrected chi connectivity index (χ0v) is 10.3. The monoisotopic (exact) mass is 251 g/mol. The lowest BCUT2D eigenvalue weighted by Crippen LogP contribution is -2.06. The predicted octanol–water partition coefficient (Wildman–Crippen LogP) is 1.99. The first-order valence-electron chi connectivity index (χ1n) is 5.37. The summed E-state index contributed by atoms with van der Waals surface area (Å²) in [6.45, 7) is 3.34. The summed E-state index contributed by atoms with van der Waals surface area (Å²) in [6, 6.07) is 7.57. The van der Waals surface area contributed by atoms with Crippen LogP contribution >= 0.6 is 11.6 Å². The van der Waals surface area contributed by atoms with Gasteiger partial charge in [0.2, 0.25) is 11.9 Å². The van der Waals surface area contributed by atoms with Crippen molar-refractivity contribution in [3.63, 3.8) is 0 Å². The minimum absolute atomic E-state index is 0.399. The Hall–Kier alpha value is -1.75. The number of hydrogen-bond acceptors (Lipinski definition) is 4. The van der Waals surface area contributed by atoms with Crippen LogP contribution < -0.4 is 11.1 Å². The highest BCUT2D eigenvalue weighted by Gasteiger charge is 2.06. The molecule has 0 spiro atoms. The fourth-order valence-electron chi connectivity index (χ4n) is 1.47. The van der Waals surface area contributed by atoms with Crippen molar-refractivity contribution in [3.05, 3.63) is 34.9 Å². The molecule has 0 amide bonds. The summed E-state index contributed by atoms with van der Waals surface area (Å²) in [4.78, 5) is 4.11. The summed E-state index contributed by atoms with van der Waals surface area (Å²) in [7, 11) is 0. The third-order valence-corrected chi connectivity index (χ3v) is 2.53. The molecule has 1 heterocycles. The van der Waals surface area contributed by atoms with Crippen LogP contribution in [0.4, 0.5) is 11.9 Å². The van der Waals surface area contributed by atoms with E-state index in [9.17, 15) is 0 Å². The normalized spacial score (nSPS) is 10.5. The first kappa shape index (κ1) is 11.7. The molecule has 0 radical (unpaired) electrons. The number of benzene rings is 1. The second kappa shape index (κ2) is 5.05. The molecule has 0 aliphatic rings. The Morgan fingerprint density at radius 1 is 1.35 bits per heavy atom. The number of rotatable bonds is 4. The van der Waals surface area contributed by atoms with Gasteiger partial charge < -0.3 is 11.1 Å². The number of nitrogen functional groups attached to an aromatic ring is 1. The van der Waals surface area contributed by atoms with E-state index in [1.54, 1.807) is 4.68 Å². The van der Waals surface area contributed by atoms with E-state index in [2.05, 4.69) is 15.4 Å². The summed E-state index contributed by atoms with van der Waals surface area (Å²) in [5.74, 6) is 0.954. The van der Waals surface area contributed by atoms with E-state index >= 15 is 0 Å². The lowest BCUT2D eigenvalue weighted by molar-refractivity contribution is 0.697. The molecular weight excluding hydrogens is 238 g/mol. The molecule has 1 aromatic carbocycles. The van der Waals surface area contributed by atoms with Gasteiger partial charge in [0.1, 0.15) is 0 Å². The van der Waals surface area contributed by atoms with Gasteiger partial charge >= 0.3 is 0 Å². The van der Waals surface area contributed by atoms with Crippen LogP contribution in [0.5, 0.6) is 0 Å². The highest BCUT2D eigenvalue weighted by atomic mass is 35.5. The number of hydrogen-bond donors (Lipinski definition) is 2. The second-order valence-electron chi connectivity index (χ2n) is 3.61. The number of nitrogens with two attached hydrogens (primary N) is 1. The first-order valence-corrected chi connectivity index (χ1v) is 5.75. The van der Waals surface area contributed by atoms with E-state index in [4.69, 9.17) is 17.3 Å². The van der Waals surface area contributed by atoms with Crippen molar-refractivity contribution < 1.29 is 0 Å². The molecule has 0 saturated heterocycles. The fourth-order valence-corrected chi connectivity index (χ4v) is 1.59. The minimum Gasteiger partial charge on any atom is -0.368 e. The second-order valence-corrected chi connectivity index (χ2v) is 4.04. The highest BCUT2D eigenvalue weighted by molar-refractivity contribution is 6.30. The first-order chi connectivity index (χ1) is 8.19. The molecule has 1 aromatic heterocycles. The number of nitrogens with zero attached hydrogens (tertiary/aromatic N) is 3. The van der Waals surface area contributed by atoms with Crippen LogP contribution in [0.15, 0.2) is 24.3 Å². The largest absolute Gasteiger partial charge is 0.368 e. The molecule has 0 saturated carbocycles. The van der Waals surface area contributed by atoms with E-state index < -0.39 is 0 Å². The SMILES string of the molecule is CCNc1nc(N)n(Cc2ccc(Cl)cc2)n1. The zero-order valence-electron chi connectivity index (χ0n) is 9.52. The topological polar surface area (TPSA) is 68.8 Å². The summed E-state index contributed by atoms with van der Waals surface area (Å²) >= 11 is 5.82. The molecule has 0 aliphatic carbocycles. The van der Waals surface area contributed by atoms with Crippen molar-refractivity contribution in [1.29, 1.82) is 0 Å². The van der Waals surface area contributed by atoms with E-state index in [1.807, 2.05) is 31.2 Å². The van der Waals surface area contributed by atoms with Gasteiger partial charge in [-0.15, -0.1) is 5.10 Å². The molecule has 5 nitrogen and oxygen atoms in total. The molecule has 90 valence electrons. The van der Waals surface area contributed by atoms with Gasteiger partial charge in [-0.2, -0.15) is 4.98 Å². The van der Waals surface area contributed by atoms with Crippen LogP contribution in [-0.4, -0.2) is 21.3 Å². The van der Waals surface area contributed by atoms with Crippen LogP contribution in [0.25, 0.3) is 0 Å². The van der Waals surface area contributed by atoms with Gasteiger partial charge in [-0.05, 0) is 24.6 Å². The molecule has 0 fully saturated rings. The lowest BCUT2D eigenvalue weighted by atomic mass is 10.2. The van der Waals surface area contributed by atoms with Crippen LogP contribution in [0.1, 0.15) is 12.5 Å². The Bertz CT molecular complexity index is 491. The average molecular weight is 252 g/mol. The molecule has 0 aliphatic heterocycles. The molecule has 6 heteroatoms. The summed E-state index contributed by atoms with van der Waals surface area (Å²) in [6.07, 6.45) is 0. The maximum absolute atomic E-state index is 5.82. The molecular formula is C11H14ClN5. The molecule has 2 rings (SSSR count). The van der Waals surface area contributed by atoms with Gasteiger partial charge in [0.05, 0.1) is 6.54 Å². The highest BCUT2D eigenvalue weighted by Crippen LogP contribution is 2.12. The quantitative estimate of drug-likeness (QED) is 0.872. The Morgan fingerprint density at radius 2 is 2.06 bits per heavy atom. The van der Waals surface area contributed by atoms with Gasteiger partial charge in [0.15, 0.2) is 0 Å². The van der Waals surface area contributed by atoms with E-state index in [1.165, 1.54) is 0 Å². The Kier molecular flexibility index (Phi) is 3.49. The number of nitrogens with one attached hydrogen (secondary N) is 1. The summed E-state index contributed by atoms with van der Waals surface area (Å²) in [5, 5.41) is 7.99. The van der Waals surface area contributed by atoms with Crippen molar-refractivity contribution >= 4 is 23.5 Å². The Labute approximate surface area is 105 Å². The summed E-state index contributed by atoms with van der Waals surface area (Å²) < 4.78 is 1.65.